The minimum atomic E-state index is -0.527. The molecule has 0 aliphatic heterocycles. The fraction of sp³-hybridized carbons (Fsp3) is 0.435. The fourth-order valence-corrected chi connectivity index (χ4v) is 3.41. The molecule has 3 rings (SSSR count). The summed E-state index contributed by atoms with van der Waals surface area (Å²) in [6.07, 6.45) is 4.88. The first-order valence-corrected chi connectivity index (χ1v) is 9.91. The van der Waals surface area contributed by atoms with Gasteiger partial charge in [0, 0.05) is 11.8 Å². The Labute approximate surface area is 161 Å². The van der Waals surface area contributed by atoms with E-state index in [0.717, 1.165) is 24.3 Å². The van der Waals surface area contributed by atoms with Crippen molar-refractivity contribution >= 4 is 11.6 Å². The van der Waals surface area contributed by atoms with E-state index in [0.29, 0.717) is 12.1 Å². The molecule has 4 heteroatoms. The van der Waals surface area contributed by atoms with Gasteiger partial charge in [-0.1, -0.05) is 19.1 Å². The van der Waals surface area contributed by atoms with Crippen molar-refractivity contribution in [3.8, 4) is 11.5 Å². The van der Waals surface area contributed by atoms with Crippen molar-refractivity contribution in [2.24, 2.45) is 0 Å². The van der Waals surface area contributed by atoms with E-state index >= 15 is 0 Å². The second kappa shape index (κ2) is 8.94. The molecule has 0 unspecified atom stereocenters. The van der Waals surface area contributed by atoms with Crippen molar-refractivity contribution in [1.29, 1.82) is 0 Å². The molecule has 1 amide bonds. The maximum atomic E-state index is 12.7. The lowest BCUT2D eigenvalue weighted by molar-refractivity contribution is -0.122. The third-order valence-corrected chi connectivity index (χ3v) is 4.73. The number of aryl methyl sites for hydroxylation is 2. The zero-order valence-electron chi connectivity index (χ0n) is 16.5. The topological polar surface area (TPSA) is 47.6 Å². The number of hydrogen-bond donors (Lipinski definition) is 1. The molecule has 4 nitrogen and oxygen atoms in total. The molecule has 27 heavy (non-hydrogen) atoms. The number of rotatable bonds is 7. The third kappa shape index (κ3) is 5.25. The van der Waals surface area contributed by atoms with Gasteiger partial charge in [-0.25, -0.2) is 0 Å². The van der Waals surface area contributed by atoms with Crippen molar-refractivity contribution in [2.45, 2.75) is 65.1 Å². The maximum absolute atomic E-state index is 12.7. The number of nitrogens with one attached hydrogen (secondary N) is 1. The van der Waals surface area contributed by atoms with E-state index in [-0.39, 0.29) is 12.0 Å². The van der Waals surface area contributed by atoms with Crippen LogP contribution in [0.5, 0.6) is 11.5 Å². The fourth-order valence-electron chi connectivity index (χ4n) is 3.41. The monoisotopic (exact) mass is 367 g/mol. The van der Waals surface area contributed by atoms with E-state index in [2.05, 4.69) is 17.4 Å². The number of ether oxygens (including phenoxy) is 2. The number of anilines is 1. The Kier molecular flexibility index (Phi) is 6.38. The highest BCUT2D eigenvalue weighted by Gasteiger charge is 2.20. The second-order valence-electron chi connectivity index (χ2n) is 7.34. The Bertz CT molecular complexity index is 785. The maximum Gasteiger partial charge on any atom is 0.265 e. The SMILES string of the molecule is CC[C@H](Oc1ccc2c(c1)CCCC2)C(=O)Nc1cccc(OC(C)C)c1. The lowest BCUT2D eigenvalue weighted by Crippen LogP contribution is -2.32. The first-order valence-electron chi connectivity index (χ1n) is 9.91. The Morgan fingerprint density at radius 3 is 2.48 bits per heavy atom. The van der Waals surface area contributed by atoms with Crippen LogP contribution in [-0.4, -0.2) is 18.1 Å². The molecule has 0 bridgehead atoms. The molecule has 0 saturated heterocycles. The number of hydrogen-bond acceptors (Lipinski definition) is 3. The zero-order chi connectivity index (χ0) is 19.2. The second-order valence-corrected chi connectivity index (χ2v) is 7.34. The number of benzene rings is 2. The zero-order valence-corrected chi connectivity index (χ0v) is 16.5. The average Bonchev–Trinajstić information content (AvgIpc) is 2.65. The van der Waals surface area contributed by atoms with Crippen LogP contribution in [-0.2, 0) is 17.6 Å². The molecular weight excluding hydrogens is 338 g/mol. The highest BCUT2D eigenvalue weighted by Crippen LogP contribution is 2.26. The summed E-state index contributed by atoms with van der Waals surface area (Å²) in [5, 5.41) is 2.95. The van der Waals surface area contributed by atoms with Gasteiger partial charge in [0.25, 0.3) is 5.91 Å². The average molecular weight is 367 g/mol. The van der Waals surface area contributed by atoms with E-state index in [4.69, 9.17) is 9.47 Å². The minimum Gasteiger partial charge on any atom is -0.491 e. The molecule has 0 saturated carbocycles. The lowest BCUT2D eigenvalue weighted by Gasteiger charge is -2.20. The summed E-state index contributed by atoms with van der Waals surface area (Å²) >= 11 is 0. The number of fused-ring (bicyclic) bond motifs is 1. The number of carbonyl (C=O) groups excluding carboxylic acids is 1. The first-order chi connectivity index (χ1) is 13.0. The summed E-state index contributed by atoms with van der Waals surface area (Å²) in [5.74, 6) is 1.37. The predicted molar refractivity (Wildman–Crippen MR) is 109 cm³/mol. The number of carbonyl (C=O) groups is 1. The van der Waals surface area contributed by atoms with Gasteiger partial charge >= 0.3 is 0 Å². The van der Waals surface area contributed by atoms with E-state index < -0.39 is 6.10 Å². The predicted octanol–water partition coefficient (Wildman–Crippen LogP) is 5.15. The molecule has 0 heterocycles. The van der Waals surface area contributed by atoms with Crippen LogP contribution in [0.4, 0.5) is 5.69 Å². The Morgan fingerprint density at radius 2 is 1.74 bits per heavy atom. The van der Waals surface area contributed by atoms with E-state index in [1.807, 2.05) is 51.1 Å². The molecule has 1 aliphatic carbocycles. The lowest BCUT2D eigenvalue weighted by atomic mass is 9.92. The number of amides is 1. The van der Waals surface area contributed by atoms with Gasteiger partial charge in [-0.2, -0.15) is 0 Å². The van der Waals surface area contributed by atoms with Crippen LogP contribution in [0.3, 0.4) is 0 Å². The molecule has 1 N–H and O–H groups in total. The van der Waals surface area contributed by atoms with Crippen molar-refractivity contribution in [1.82, 2.24) is 0 Å². The van der Waals surface area contributed by atoms with Crippen LogP contribution in [0.25, 0.3) is 0 Å². The van der Waals surface area contributed by atoms with E-state index in [9.17, 15) is 4.79 Å². The molecule has 0 fully saturated rings. The van der Waals surface area contributed by atoms with Crippen LogP contribution in [0.2, 0.25) is 0 Å². The van der Waals surface area contributed by atoms with Crippen molar-refractivity contribution in [3.63, 3.8) is 0 Å². The molecule has 0 spiro atoms. The highest BCUT2D eigenvalue weighted by atomic mass is 16.5. The quantitative estimate of drug-likeness (QED) is 0.736. The third-order valence-electron chi connectivity index (χ3n) is 4.73. The van der Waals surface area contributed by atoms with E-state index in [1.165, 1.54) is 24.0 Å². The van der Waals surface area contributed by atoms with Crippen LogP contribution in [0.1, 0.15) is 51.2 Å². The van der Waals surface area contributed by atoms with Crippen LogP contribution in [0.15, 0.2) is 42.5 Å². The van der Waals surface area contributed by atoms with Crippen LogP contribution >= 0.6 is 0 Å². The van der Waals surface area contributed by atoms with Crippen LogP contribution < -0.4 is 14.8 Å². The molecule has 1 atom stereocenters. The van der Waals surface area contributed by atoms with Gasteiger partial charge in [-0.05, 0) is 81.3 Å². The summed E-state index contributed by atoms with van der Waals surface area (Å²) in [7, 11) is 0. The van der Waals surface area contributed by atoms with Gasteiger partial charge in [0.1, 0.15) is 11.5 Å². The first kappa shape index (κ1) is 19.3. The summed E-state index contributed by atoms with van der Waals surface area (Å²) in [4.78, 5) is 12.7. The molecule has 1 aliphatic rings. The van der Waals surface area contributed by atoms with Gasteiger partial charge in [0.2, 0.25) is 0 Å². The molecule has 144 valence electrons. The molecule has 0 aromatic heterocycles. The van der Waals surface area contributed by atoms with Crippen molar-refractivity contribution < 1.29 is 14.3 Å². The Balaban J connectivity index is 1.66. The summed E-state index contributed by atoms with van der Waals surface area (Å²) < 4.78 is 11.7. The van der Waals surface area contributed by atoms with Gasteiger partial charge in [-0.3, -0.25) is 4.79 Å². The van der Waals surface area contributed by atoms with Gasteiger partial charge in [0.15, 0.2) is 6.10 Å². The standard InChI is InChI=1S/C23H29NO3/c1-4-22(27-21-13-12-17-8-5-6-9-18(17)14-21)23(25)24-19-10-7-11-20(15-19)26-16(2)3/h7,10-16,22H,4-6,8-9H2,1-3H3,(H,24,25)/t22-/m0/s1. The van der Waals surface area contributed by atoms with Gasteiger partial charge < -0.3 is 14.8 Å². The van der Waals surface area contributed by atoms with Crippen LogP contribution in [0, 0.1) is 0 Å². The van der Waals surface area contributed by atoms with Crippen molar-refractivity contribution in [3.05, 3.63) is 53.6 Å². The smallest absolute Gasteiger partial charge is 0.265 e. The molecular formula is C23H29NO3. The molecule has 0 radical (unpaired) electrons. The summed E-state index contributed by atoms with van der Waals surface area (Å²) in [6.45, 7) is 5.91. The minimum absolute atomic E-state index is 0.0895. The normalized spacial score (nSPS) is 14.4. The Hall–Kier alpha value is -2.49. The van der Waals surface area contributed by atoms with Crippen molar-refractivity contribution in [2.75, 3.05) is 5.32 Å². The largest absolute Gasteiger partial charge is 0.491 e. The van der Waals surface area contributed by atoms with Gasteiger partial charge in [0.05, 0.1) is 6.10 Å². The Morgan fingerprint density at radius 1 is 1.00 bits per heavy atom. The van der Waals surface area contributed by atoms with Gasteiger partial charge in [-0.15, -0.1) is 0 Å². The summed E-state index contributed by atoms with van der Waals surface area (Å²) in [5.41, 5.74) is 3.48. The summed E-state index contributed by atoms with van der Waals surface area (Å²) in [6, 6.07) is 13.7. The molecule has 2 aromatic carbocycles. The highest BCUT2D eigenvalue weighted by molar-refractivity contribution is 5.94. The molecule has 2 aromatic rings. The van der Waals surface area contributed by atoms with E-state index in [1.54, 1.807) is 0 Å².